The van der Waals surface area contributed by atoms with Gasteiger partial charge in [0.25, 0.3) is 11.6 Å². The van der Waals surface area contributed by atoms with Gasteiger partial charge in [0.1, 0.15) is 11.1 Å². The van der Waals surface area contributed by atoms with Crippen LogP contribution in [0.5, 0.6) is 0 Å². The molecule has 4 spiro atoms. The van der Waals surface area contributed by atoms with Crippen molar-refractivity contribution in [2.24, 2.45) is 11.8 Å². The minimum Gasteiger partial charge on any atom is -0.574 e. The summed E-state index contributed by atoms with van der Waals surface area (Å²) in [5.41, 5.74) is -1.42. The highest BCUT2D eigenvalue weighted by Crippen LogP contribution is 2.46. The van der Waals surface area contributed by atoms with Gasteiger partial charge in [0.05, 0.1) is 23.0 Å². The van der Waals surface area contributed by atoms with Crippen molar-refractivity contribution in [3.05, 3.63) is 94.9 Å². The first kappa shape index (κ1) is 40.1. The summed E-state index contributed by atoms with van der Waals surface area (Å²) in [7, 11) is 0. The molecule has 0 aromatic carbocycles. The number of carbonyl (C=O) groups excluding carboxylic acids is 6. The Morgan fingerprint density at radius 1 is 0.448 bits per heavy atom. The molecule has 5 fully saturated rings. The summed E-state index contributed by atoms with van der Waals surface area (Å²) < 4.78 is 44.1. The van der Waals surface area contributed by atoms with Gasteiger partial charge in [0.15, 0.2) is 11.6 Å². The van der Waals surface area contributed by atoms with Crippen LogP contribution in [0, 0.1) is 11.8 Å². The number of allylic oxidation sites excluding steroid dienone is 8. The summed E-state index contributed by atoms with van der Waals surface area (Å²) in [6.45, 7) is 4.00. The predicted molar refractivity (Wildman–Crippen MR) is 190 cm³/mol. The van der Waals surface area contributed by atoms with E-state index in [9.17, 15) is 39.0 Å². The van der Waals surface area contributed by atoms with Crippen LogP contribution in [0.4, 0.5) is 0 Å². The Hall–Kier alpha value is -6.06. The lowest BCUT2D eigenvalue weighted by Crippen LogP contribution is -2.54. The van der Waals surface area contributed by atoms with E-state index in [0.717, 1.165) is 37.8 Å². The minimum absolute atomic E-state index is 0.143. The van der Waals surface area contributed by atoms with E-state index >= 15 is 0 Å². The Kier molecular flexibility index (Phi) is 10.9. The molecule has 2 unspecified atom stereocenters. The van der Waals surface area contributed by atoms with Gasteiger partial charge >= 0.3 is 35.8 Å². The maximum atomic E-state index is 12.9. The van der Waals surface area contributed by atoms with Gasteiger partial charge < -0.3 is 48.1 Å². The lowest BCUT2D eigenvalue weighted by atomic mass is 9.85. The van der Waals surface area contributed by atoms with Crippen molar-refractivity contribution in [3.63, 3.8) is 0 Å². The molecule has 4 heterocycles. The number of carbonyl (C=O) groups is 6. The van der Waals surface area contributed by atoms with Gasteiger partial charge in [-0.05, 0) is 49.0 Å². The lowest BCUT2D eigenvalue weighted by molar-refractivity contribution is -0.422. The Morgan fingerprint density at radius 3 is 1.12 bits per heavy atom. The molecule has 0 aromatic heterocycles. The molecule has 58 heavy (non-hydrogen) atoms. The summed E-state index contributed by atoms with van der Waals surface area (Å²) >= 11 is 0. The quantitative estimate of drug-likeness (QED) is 0.124. The van der Waals surface area contributed by atoms with E-state index in [1.165, 1.54) is 48.6 Å². The molecule has 2 saturated heterocycles. The molecule has 3 aliphatic carbocycles. The number of ether oxygens (including phenoxy) is 8. The Morgan fingerprint density at radius 2 is 0.793 bits per heavy atom. The van der Waals surface area contributed by atoms with Crippen molar-refractivity contribution in [2.75, 3.05) is 0 Å². The molecule has 3 saturated carbocycles. The van der Waals surface area contributed by atoms with Gasteiger partial charge in [0, 0.05) is 51.4 Å². The minimum atomic E-state index is -1.68. The summed E-state index contributed by atoms with van der Waals surface area (Å²) in [5, 5.41) is 25.8. The van der Waals surface area contributed by atoms with Crippen LogP contribution < -0.4 is 10.2 Å². The Balaban J connectivity index is 0.910. The van der Waals surface area contributed by atoms with E-state index in [1.54, 1.807) is 0 Å². The third kappa shape index (κ3) is 8.31. The van der Waals surface area contributed by atoms with Gasteiger partial charge in [-0.15, -0.1) is 0 Å². The topological polar surface area (TPSA) is 222 Å². The highest BCUT2D eigenvalue weighted by Gasteiger charge is 2.50. The average molecular weight is 803 g/mol. The van der Waals surface area contributed by atoms with Crippen molar-refractivity contribution >= 4 is 35.8 Å². The van der Waals surface area contributed by atoms with E-state index in [0.29, 0.717) is 25.7 Å². The van der Waals surface area contributed by atoms with Crippen molar-refractivity contribution in [1.29, 1.82) is 0 Å². The molecule has 0 N–H and O–H groups in total. The second-order valence-electron chi connectivity index (χ2n) is 15.6. The van der Waals surface area contributed by atoms with Gasteiger partial charge in [-0.2, -0.15) is 0 Å². The van der Waals surface area contributed by atoms with Crippen molar-refractivity contribution < 1.29 is 76.9 Å². The molecular formula is C42H42O16-2. The fourth-order valence-electron chi connectivity index (χ4n) is 8.19. The first-order valence-electron chi connectivity index (χ1n) is 19.3. The van der Waals surface area contributed by atoms with Crippen molar-refractivity contribution in [1.82, 2.24) is 0 Å². The fourth-order valence-corrected chi connectivity index (χ4v) is 8.19. The molecule has 16 heteroatoms. The van der Waals surface area contributed by atoms with Crippen LogP contribution >= 0.6 is 0 Å². The summed E-state index contributed by atoms with van der Waals surface area (Å²) in [4.78, 5) is 76.1. The highest BCUT2D eigenvalue weighted by molar-refractivity contribution is 6.16. The smallest absolute Gasteiger partial charge is 0.348 e. The zero-order valence-corrected chi connectivity index (χ0v) is 31.9. The molecule has 0 amide bonds. The van der Waals surface area contributed by atoms with E-state index in [2.05, 4.69) is 0 Å². The van der Waals surface area contributed by atoms with E-state index in [1.807, 2.05) is 13.8 Å². The molecule has 7 rings (SSSR count). The highest BCUT2D eigenvalue weighted by atomic mass is 16.8. The molecule has 4 aliphatic heterocycles. The molecule has 308 valence electrons. The number of hydrogen-bond donors (Lipinski definition) is 0. The molecule has 0 bridgehead atoms. The largest absolute Gasteiger partial charge is 0.574 e. The maximum absolute atomic E-state index is 12.9. The summed E-state index contributed by atoms with van der Waals surface area (Å²) in [6.07, 6.45) is 17.4. The normalized spacial score (nSPS) is 34.4. The maximum Gasteiger partial charge on any atom is 0.348 e. The van der Waals surface area contributed by atoms with Crippen LogP contribution in [0.25, 0.3) is 0 Å². The van der Waals surface area contributed by atoms with Crippen LogP contribution in [0.1, 0.15) is 90.9 Å². The van der Waals surface area contributed by atoms with E-state index < -0.39 is 82.0 Å². The van der Waals surface area contributed by atoms with Crippen LogP contribution in [0.3, 0.4) is 0 Å². The van der Waals surface area contributed by atoms with Gasteiger partial charge in [0.2, 0.25) is 0 Å². The monoisotopic (exact) mass is 802 g/mol. The van der Waals surface area contributed by atoms with Gasteiger partial charge in [-0.3, -0.25) is 0 Å². The molecule has 16 nitrogen and oxygen atoms in total. The summed E-state index contributed by atoms with van der Waals surface area (Å²) in [5.74, 6) is -12.4. The molecule has 0 radical (unpaired) electrons. The van der Waals surface area contributed by atoms with E-state index in [4.69, 9.17) is 37.9 Å². The summed E-state index contributed by atoms with van der Waals surface area (Å²) in [6, 6.07) is 0. The lowest BCUT2D eigenvalue weighted by Gasteiger charge is -2.53. The molecule has 0 aromatic rings. The van der Waals surface area contributed by atoms with Crippen molar-refractivity contribution in [3.8, 4) is 0 Å². The standard InChI is InChI=1S/C42H44O16/c1-25-11-9-17-41(23-25)55-35(47)29(36(48)56-41)15-7-3-5-13-27-31(43)51-39(52-32(27)44)19-21-40(22-20-39)53-33(45)28(34(46)54-40)14-6-4-8-16-30-37(49)57-42(58-38(30)50)18-10-12-26(2)24-42/h3-8,13-16,25-26,43,45H,9-12,17-24H2,1-2H3/p-2/b7-3+,8-4+,13-5+,14-6+,29-15?,30-16?. The van der Waals surface area contributed by atoms with E-state index in [-0.39, 0.29) is 48.7 Å². The first-order chi connectivity index (χ1) is 27.6. The van der Waals surface area contributed by atoms with Gasteiger partial charge in [-0.25, -0.2) is 28.8 Å². The second kappa shape index (κ2) is 15.7. The van der Waals surface area contributed by atoms with Gasteiger partial charge in [-0.1, -0.05) is 63.1 Å². The van der Waals surface area contributed by atoms with Crippen LogP contribution in [-0.2, 0) is 66.7 Å². The SMILES string of the molecule is CC1CCCC2(C1)OC(=O)C(=C/C=C/C=C/C1=C([O-])OC3(CCC4(CC3)OC(=O)C(/C=C/C=C/C=C3C(=O)OC5(CCCC(C)C5)OC3=O)=C([O-])O4)OC1=O)C(=O)O2. The number of hydrogen-bond acceptors (Lipinski definition) is 16. The zero-order chi connectivity index (χ0) is 41.3. The molecule has 7 aliphatic rings. The third-order valence-electron chi connectivity index (χ3n) is 11.1. The number of esters is 6. The third-order valence-corrected chi connectivity index (χ3v) is 11.1. The Bertz CT molecular complexity index is 1850. The number of rotatable bonds is 6. The molecular weight excluding hydrogens is 760 g/mol. The first-order valence-corrected chi connectivity index (χ1v) is 19.3. The Labute approximate surface area is 333 Å². The van der Waals surface area contributed by atoms with Crippen LogP contribution in [0.15, 0.2) is 94.9 Å². The zero-order valence-electron chi connectivity index (χ0n) is 31.9. The predicted octanol–water partition coefficient (Wildman–Crippen LogP) is 3.33. The molecule has 2 atom stereocenters. The van der Waals surface area contributed by atoms with Crippen molar-refractivity contribution in [2.45, 2.75) is 114 Å². The van der Waals surface area contributed by atoms with Crippen LogP contribution in [-0.4, -0.2) is 59.0 Å². The average Bonchev–Trinajstić information content (AvgIpc) is 3.13. The fraction of sp³-hybridized carbons (Fsp3) is 0.476. The second-order valence-corrected chi connectivity index (χ2v) is 15.6. The van der Waals surface area contributed by atoms with Crippen LogP contribution in [0.2, 0.25) is 0 Å².